The van der Waals surface area contributed by atoms with Gasteiger partial charge in [0.1, 0.15) is 5.01 Å². The van der Waals surface area contributed by atoms with Crippen LogP contribution in [0.25, 0.3) is 10.6 Å². The molecule has 0 radical (unpaired) electrons. The minimum atomic E-state index is -0.0142. The van der Waals surface area contributed by atoms with E-state index in [-0.39, 0.29) is 11.4 Å². The van der Waals surface area contributed by atoms with Crippen molar-refractivity contribution >= 4 is 17.3 Å². The van der Waals surface area contributed by atoms with Crippen molar-refractivity contribution in [3.05, 3.63) is 40.9 Å². The van der Waals surface area contributed by atoms with Crippen LogP contribution in [-0.2, 0) is 12.0 Å². The molecule has 1 aromatic carbocycles. The van der Waals surface area contributed by atoms with Gasteiger partial charge in [0.05, 0.1) is 5.69 Å². The standard InChI is InChI=1S/C15H20N4S/c1-15(2,3)12-9-20-13(19-12)11-6-4-5-10(7-11)8-18-14(16)17/h4-7,9H,8H2,1-3H3,(H4,16,17,18). The van der Waals surface area contributed by atoms with Crippen molar-refractivity contribution in [3.63, 3.8) is 0 Å². The largest absolute Gasteiger partial charge is 0.370 e. The molecule has 0 aliphatic carbocycles. The van der Waals surface area contributed by atoms with E-state index in [1.165, 1.54) is 0 Å². The van der Waals surface area contributed by atoms with E-state index in [0.717, 1.165) is 21.8 Å². The molecule has 5 heteroatoms. The van der Waals surface area contributed by atoms with E-state index < -0.39 is 0 Å². The van der Waals surface area contributed by atoms with Crippen LogP contribution in [0.4, 0.5) is 0 Å². The highest BCUT2D eigenvalue weighted by atomic mass is 32.1. The van der Waals surface area contributed by atoms with Gasteiger partial charge in [-0.1, -0.05) is 39.0 Å². The van der Waals surface area contributed by atoms with E-state index in [4.69, 9.17) is 16.1 Å². The topological polar surface area (TPSA) is 74.8 Å². The fraction of sp³-hybridized carbons (Fsp3) is 0.333. The van der Waals surface area contributed by atoms with Gasteiger partial charge in [-0.2, -0.15) is 0 Å². The number of rotatable bonds is 3. The fourth-order valence-electron chi connectivity index (χ4n) is 1.76. The van der Waals surface area contributed by atoms with Gasteiger partial charge in [0.15, 0.2) is 5.96 Å². The second-order valence-electron chi connectivity index (χ2n) is 5.76. The van der Waals surface area contributed by atoms with Gasteiger partial charge >= 0.3 is 0 Å². The van der Waals surface area contributed by atoms with E-state index in [0.29, 0.717) is 6.54 Å². The van der Waals surface area contributed by atoms with Crippen molar-refractivity contribution < 1.29 is 0 Å². The number of nitrogens with two attached hydrogens (primary N) is 1. The first-order valence-corrected chi connectivity index (χ1v) is 7.37. The predicted octanol–water partition coefficient (Wildman–Crippen LogP) is 3.09. The summed E-state index contributed by atoms with van der Waals surface area (Å²) in [6.45, 7) is 7.05. The zero-order chi connectivity index (χ0) is 14.8. The summed E-state index contributed by atoms with van der Waals surface area (Å²) in [4.78, 5) is 4.72. The molecule has 0 bridgehead atoms. The maximum Gasteiger partial charge on any atom is 0.185 e. The zero-order valence-corrected chi connectivity index (χ0v) is 12.8. The maximum atomic E-state index is 7.19. The minimum absolute atomic E-state index is 0.0142. The maximum absolute atomic E-state index is 7.19. The Kier molecular flexibility index (Phi) is 4.09. The molecule has 2 rings (SSSR count). The highest BCUT2D eigenvalue weighted by Crippen LogP contribution is 2.30. The molecule has 0 aliphatic rings. The van der Waals surface area contributed by atoms with Crippen molar-refractivity contribution in [2.75, 3.05) is 0 Å². The van der Waals surface area contributed by atoms with Gasteiger partial charge in [-0.15, -0.1) is 11.3 Å². The van der Waals surface area contributed by atoms with Crippen LogP contribution in [0.3, 0.4) is 0 Å². The molecule has 0 unspecified atom stereocenters. The Bertz CT molecular complexity index is 610. The van der Waals surface area contributed by atoms with Gasteiger partial charge in [0, 0.05) is 22.9 Å². The van der Waals surface area contributed by atoms with Gasteiger partial charge in [0.25, 0.3) is 0 Å². The molecule has 4 N–H and O–H groups in total. The van der Waals surface area contributed by atoms with Gasteiger partial charge in [-0.05, 0) is 11.6 Å². The Morgan fingerprint density at radius 1 is 1.40 bits per heavy atom. The highest BCUT2D eigenvalue weighted by Gasteiger charge is 2.17. The van der Waals surface area contributed by atoms with Crippen molar-refractivity contribution in [2.24, 2.45) is 5.73 Å². The molecule has 0 saturated carbocycles. The molecule has 0 atom stereocenters. The van der Waals surface area contributed by atoms with E-state index in [1.54, 1.807) is 11.3 Å². The molecule has 0 saturated heterocycles. The first-order valence-electron chi connectivity index (χ1n) is 6.49. The van der Waals surface area contributed by atoms with Crippen LogP contribution >= 0.6 is 11.3 Å². The molecule has 20 heavy (non-hydrogen) atoms. The Morgan fingerprint density at radius 3 is 2.75 bits per heavy atom. The number of benzene rings is 1. The lowest BCUT2D eigenvalue weighted by molar-refractivity contribution is 0.573. The summed E-state index contributed by atoms with van der Waals surface area (Å²) < 4.78 is 0. The molecular weight excluding hydrogens is 268 g/mol. The molecule has 0 amide bonds. The number of nitrogens with one attached hydrogen (secondary N) is 2. The summed E-state index contributed by atoms with van der Waals surface area (Å²) >= 11 is 1.66. The Morgan fingerprint density at radius 2 is 2.15 bits per heavy atom. The molecule has 1 aromatic heterocycles. The lowest BCUT2D eigenvalue weighted by Gasteiger charge is -2.14. The molecule has 0 aliphatic heterocycles. The Labute approximate surface area is 123 Å². The van der Waals surface area contributed by atoms with Crippen LogP contribution in [0.1, 0.15) is 32.0 Å². The zero-order valence-electron chi connectivity index (χ0n) is 12.0. The monoisotopic (exact) mass is 288 g/mol. The molecule has 2 aromatic rings. The number of guanidine groups is 1. The van der Waals surface area contributed by atoms with Crippen LogP contribution in [0.15, 0.2) is 29.6 Å². The lowest BCUT2D eigenvalue weighted by Crippen LogP contribution is -2.29. The molecular formula is C15H20N4S. The smallest absolute Gasteiger partial charge is 0.185 e. The number of hydrogen-bond donors (Lipinski definition) is 3. The van der Waals surface area contributed by atoms with Gasteiger partial charge in [-0.25, -0.2) is 4.98 Å². The first-order chi connectivity index (χ1) is 9.36. The third-order valence-electron chi connectivity index (χ3n) is 2.93. The van der Waals surface area contributed by atoms with Crippen LogP contribution in [0.5, 0.6) is 0 Å². The number of thiazole rings is 1. The molecule has 1 heterocycles. The summed E-state index contributed by atoms with van der Waals surface area (Å²) in [5.41, 5.74) is 8.68. The highest BCUT2D eigenvalue weighted by molar-refractivity contribution is 7.13. The number of hydrogen-bond acceptors (Lipinski definition) is 3. The van der Waals surface area contributed by atoms with Gasteiger partial charge < -0.3 is 11.1 Å². The average Bonchev–Trinajstić information content (AvgIpc) is 2.86. The Hall–Kier alpha value is -1.88. The van der Waals surface area contributed by atoms with Crippen molar-refractivity contribution in [3.8, 4) is 10.6 Å². The van der Waals surface area contributed by atoms with E-state index in [1.807, 2.05) is 12.1 Å². The second-order valence-corrected chi connectivity index (χ2v) is 6.61. The SMILES string of the molecule is CC(C)(C)c1csc(-c2cccc(CNC(=N)N)c2)n1. The quantitative estimate of drug-likeness (QED) is 0.600. The van der Waals surface area contributed by atoms with E-state index in [9.17, 15) is 0 Å². The normalized spacial score (nSPS) is 11.3. The molecule has 0 fully saturated rings. The summed E-state index contributed by atoms with van der Waals surface area (Å²) in [6, 6.07) is 8.16. The van der Waals surface area contributed by atoms with Crippen LogP contribution in [0.2, 0.25) is 0 Å². The Balaban J connectivity index is 2.22. The molecule has 0 spiro atoms. The molecule has 4 nitrogen and oxygen atoms in total. The van der Waals surface area contributed by atoms with Gasteiger partial charge in [-0.3, -0.25) is 5.41 Å². The third kappa shape index (κ3) is 3.57. The van der Waals surface area contributed by atoms with Crippen molar-refractivity contribution in [2.45, 2.75) is 32.7 Å². The number of nitrogens with zero attached hydrogens (tertiary/aromatic N) is 1. The van der Waals surface area contributed by atoms with Crippen LogP contribution in [-0.4, -0.2) is 10.9 Å². The molecule has 106 valence electrons. The third-order valence-corrected chi connectivity index (χ3v) is 3.82. The summed E-state index contributed by atoms with van der Waals surface area (Å²) in [5.74, 6) is -0.0142. The minimum Gasteiger partial charge on any atom is -0.370 e. The van der Waals surface area contributed by atoms with Crippen LogP contribution in [0, 0.1) is 5.41 Å². The lowest BCUT2D eigenvalue weighted by atomic mass is 9.93. The second kappa shape index (κ2) is 5.63. The summed E-state index contributed by atoms with van der Waals surface area (Å²) in [5, 5.41) is 13.2. The fourth-order valence-corrected chi connectivity index (χ4v) is 2.81. The summed E-state index contributed by atoms with van der Waals surface area (Å²) in [6.07, 6.45) is 0. The van der Waals surface area contributed by atoms with E-state index in [2.05, 4.69) is 43.6 Å². The summed E-state index contributed by atoms with van der Waals surface area (Å²) in [7, 11) is 0. The number of aromatic nitrogens is 1. The van der Waals surface area contributed by atoms with Crippen LogP contribution < -0.4 is 11.1 Å². The predicted molar refractivity (Wildman–Crippen MR) is 85.0 cm³/mol. The van der Waals surface area contributed by atoms with Gasteiger partial charge in [0.2, 0.25) is 0 Å². The van der Waals surface area contributed by atoms with Crippen molar-refractivity contribution in [1.82, 2.24) is 10.3 Å². The van der Waals surface area contributed by atoms with Crippen molar-refractivity contribution in [1.29, 1.82) is 5.41 Å². The first kappa shape index (κ1) is 14.5. The van der Waals surface area contributed by atoms with E-state index >= 15 is 0 Å². The average molecular weight is 288 g/mol.